The third-order valence-electron chi connectivity index (χ3n) is 1.60. The first kappa shape index (κ1) is 10.4. The van der Waals surface area contributed by atoms with E-state index in [1.165, 1.54) is 43.3 Å². The van der Waals surface area contributed by atoms with Crippen LogP contribution in [0, 0.1) is 0 Å². The Bertz CT molecular complexity index is 147. The van der Waals surface area contributed by atoms with Gasteiger partial charge in [-0.25, -0.2) is 4.31 Å². The molecule has 0 atom stereocenters. The number of hydrogen-bond acceptors (Lipinski definition) is 4. The van der Waals surface area contributed by atoms with Gasteiger partial charge in [0.05, 0.1) is 0 Å². The van der Waals surface area contributed by atoms with E-state index < -0.39 is 0 Å². The molecule has 1 rings (SSSR count). The van der Waals surface area contributed by atoms with Crippen LogP contribution >= 0.6 is 34.2 Å². The number of hydrogen-bond donors (Lipinski definition) is 2. The molecule has 1 heterocycles. The van der Waals surface area contributed by atoms with Crippen molar-refractivity contribution in [3.63, 3.8) is 0 Å². The molecule has 0 spiro atoms. The molecule has 0 aromatic rings. The van der Waals surface area contributed by atoms with E-state index in [0.29, 0.717) is 5.11 Å². The molecule has 0 aliphatic carbocycles. The van der Waals surface area contributed by atoms with E-state index >= 15 is 0 Å². The van der Waals surface area contributed by atoms with E-state index in [1.807, 2.05) is 0 Å². The van der Waals surface area contributed by atoms with Gasteiger partial charge in [-0.1, -0.05) is 6.42 Å². The largest absolute Gasteiger partial charge is 0.376 e. The summed E-state index contributed by atoms with van der Waals surface area (Å²) >= 11 is 4.68. The Balaban J connectivity index is 2.01. The van der Waals surface area contributed by atoms with Crippen molar-refractivity contribution in [2.24, 2.45) is 5.73 Å². The Hall–Kier alpha value is 0.350. The minimum absolute atomic E-state index is 0.351. The third kappa shape index (κ3) is 4.39. The van der Waals surface area contributed by atoms with Gasteiger partial charge in [0.1, 0.15) is 0 Å². The number of piperidine rings is 1. The second kappa shape index (κ2) is 5.90. The molecular weight excluding hydrogens is 210 g/mol. The minimum Gasteiger partial charge on any atom is -0.376 e. The maximum atomic E-state index is 5.28. The zero-order chi connectivity index (χ0) is 8.81. The Morgan fingerprint density at radius 2 is 2.00 bits per heavy atom. The lowest BCUT2D eigenvalue weighted by molar-refractivity contribution is 0.383. The molecule has 0 radical (unpaired) electrons. The third-order valence-corrected chi connectivity index (χ3v) is 3.89. The number of thiocarbonyl (C=S) groups is 1. The molecule has 3 nitrogen and oxygen atoms in total. The van der Waals surface area contributed by atoms with Gasteiger partial charge < -0.3 is 5.73 Å². The first-order valence-corrected chi connectivity index (χ1v) is 6.44. The lowest BCUT2D eigenvalue weighted by Gasteiger charge is -2.23. The number of nitrogens with two attached hydrogens (primary N) is 1. The van der Waals surface area contributed by atoms with Crippen LogP contribution in [0.5, 0.6) is 0 Å². The molecule has 6 heteroatoms. The molecular formula is C6H13N3S3. The molecule has 0 aromatic heterocycles. The second-order valence-corrected chi connectivity index (χ2v) is 5.04. The summed E-state index contributed by atoms with van der Waals surface area (Å²) < 4.78 is 5.17. The lowest BCUT2D eigenvalue weighted by Crippen LogP contribution is -2.25. The van der Waals surface area contributed by atoms with Crippen molar-refractivity contribution in [2.45, 2.75) is 19.3 Å². The topological polar surface area (TPSA) is 41.3 Å². The predicted molar refractivity (Wildman–Crippen MR) is 60.5 cm³/mol. The standard InChI is InChI=1S/C6H13N3S3/c7-6(10)8-11-12-9-4-2-1-3-5-9/h1-5H2,(H3,7,8,10). The summed E-state index contributed by atoms with van der Waals surface area (Å²) in [5, 5.41) is 0.351. The van der Waals surface area contributed by atoms with Crippen LogP contribution in [0.4, 0.5) is 0 Å². The van der Waals surface area contributed by atoms with Crippen LogP contribution in [0.2, 0.25) is 0 Å². The normalized spacial score (nSPS) is 19.0. The molecule has 1 saturated heterocycles. The molecule has 1 aliphatic rings. The van der Waals surface area contributed by atoms with Crippen LogP contribution in [0.25, 0.3) is 0 Å². The van der Waals surface area contributed by atoms with Crippen molar-refractivity contribution in [3.8, 4) is 0 Å². The molecule has 3 N–H and O–H groups in total. The predicted octanol–water partition coefficient (Wildman–Crippen LogP) is 1.52. The molecule has 70 valence electrons. The van der Waals surface area contributed by atoms with Gasteiger partial charge in [-0.05, 0) is 25.1 Å². The monoisotopic (exact) mass is 223 g/mol. The zero-order valence-electron chi connectivity index (χ0n) is 6.78. The lowest BCUT2D eigenvalue weighted by atomic mass is 10.2. The van der Waals surface area contributed by atoms with Crippen molar-refractivity contribution in [1.82, 2.24) is 9.03 Å². The maximum absolute atomic E-state index is 5.28. The summed E-state index contributed by atoms with van der Waals surface area (Å²) in [5.74, 6) is 0. The first-order valence-electron chi connectivity index (χ1n) is 3.93. The maximum Gasteiger partial charge on any atom is 0.174 e. The van der Waals surface area contributed by atoms with E-state index in [0.717, 1.165) is 0 Å². The van der Waals surface area contributed by atoms with Crippen LogP contribution in [0.3, 0.4) is 0 Å². The van der Waals surface area contributed by atoms with Gasteiger partial charge in [-0.15, -0.1) is 0 Å². The molecule has 12 heavy (non-hydrogen) atoms. The van der Waals surface area contributed by atoms with E-state index in [-0.39, 0.29) is 0 Å². The summed E-state index contributed by atoms with van der Waals surface area (Å²) in [6, 6.07) is 0. The minimum atomic E-state index is 0.351. The van der Waals surface area contributed by atoms with E-state index in [4.69, 9.17) is 5.73 Å². The fourth-order valence-electron chi connectivity index (χ4n) is 1.05. The van der Waals surface area contributed by atoms with E-state index in [9.17, 15) is 0 Å². The summed E-state index contributed by atoms with van der Waals surface area (Å²) in [6.07, 6.45) is 3.98. The number of rotatable bonds is 3. The Morgan fingerprint density at radius 1 is 1.33 bits per heavy atom. The fourth-order valence-corrected chi connectivity index (χ4v) is 3.11. The highest BCUT2D eigenvalue weighted by atomic mass is 33.1. The first-order chi connectivity index (χ1) is 5.79. The average molecular weight is 223 g/mol. The zero-order valence-corrected chi connectivity index (χ0v) is 9.23. The summed E-state index contributed by atoms with van der Waals surface area (Å²) in [7, 11) is 3.19. The summed E-state index contributed by atoms with van der Waals surface area (Å²) in [4.78, 5) is 0. The smallest absolute Gasteiger partial charge is 0.174 e. The Labute approximate surface area is 86.5 Å². The van der Waals surface area contributed by atoms with Crippen molar-refractivity contribution in [1.29, 1.82) is 0 Å². The van der Waals surface area contributed by atoms with E-state index in [2.05, 4.69) is 21.2 Å². The Kier molecular flexibility index (Phi) is 5.13. The van der Waals surface area contributed by atoms with Crippen molar-refractivity contribution < 1.29 is 0 Å². The Morgan fingerprint density at radius 3 is 2.58 bits per heavy atom. The van der Waals surface area contributed by atoms with Crippen molar-refractivity contribution in [2.75, 3.05) is 13.1 Å². The van der Waals surface area contributed by atoms with Gasteiger partial charge in [0.15, 0.2) is 5.11 Å². The van der Waals surface area contributed by atoms with Crippen LogP contribution < -0.4 is 10.5 Å². The molecule has 0 unspecified atom stereocenters. The molecule has 1 fully saturated rings. The molecule has 0 bridgehead atoms. The van der Waals surface area contributed by atoms with Crippen LogP contribution in [-0.4, -0.2) is 22.5 Å². The fraction of sp³-hybridized carbons (Fsp3) is 0.833. The second-order valence-electron chi connectivity index (χ2n) is 2.61. The SMILES string of the molecule is NC(=S)NSSN1CCCCC1. The molecule has 0 saturated carbocycles. The van der Waals surface area contributed by atoms with Gasteiger partial charge in [0.25, 0.3) is 0 Å². The average Bonchev–Trinajstić information content (AvgIpc) is 2.05. The van der Waals surface area contributed by atoms with Crippen LogP contribution in [-0.2, 0) is 0 Å². The molecule has 0 aromatic carbocycles. The highest BCUT2D eigenvalue weighted by Gasteiger charge is 2.10. The van der Waals surface area contributed by atoms with Crippen LogP contribution in [0.1, 0.15) is 19.3 Å². The van der Waals surface area contributed by atoms with Gasteiger partial charge >= 0.3 is 0 Å². The number of nitrogens with one attached hydrogen (secondary N) is 1. The highest BCUT2D eigenvalue weighted by molar-refractivity contribution is 8.75. The molecule has 1 aliphatic heterocycles. The van der Waals surface area contributed by atoms with Gasteiger partial charge in [0, 0.05) is 35.0 Å². The quantitative estimate of drug-likeness (QED) is 0.429. The molecule has 0 amide bonds. The van der Waals surface area contributed by atoms with Crippen molar-refractivity contribution >= 4 is 39.3 Å². The summed E-state index contributed by atoms with van der Waals surface area (Å²) in [5.41, 5.74) is 5.28. The van der Waals surface area contributed by atoms with E-state index in [1.54, 1.807) is 11.0 Å². The highest BCUT2D eigenvalue weighted by Crippen LogP contribution is 2.26. The number of nitrogens with zero attached hydrogens (tertiary/aromatic N) is 1. The van der Waals surface area contributed by atoms with Crippen LogP contribution in [0.15, 0.2) is 0 Å². The summed E-state index contributed by atoms with van der Waals surface area (Å²) in [6.45, 7) is 2.35. The van der Waals surface area contributed by atoms with Gasteiger partial charge in [0.2, 0.25) is 0 Å². The van der Waals surface area contributed by atoms with Gasteiger partial charge in [-0.3, -0.25) is 4.72 Å². The van der Waals surface area contributed by atoms with Crippen molar-refractivity contribution in [3.05, 3.63) is 0 Å². The van der Waals surface area contributed by atoms with Gasteiger partial charge in [-0.2, -0.15) is 0 Å².